The fraction of sp³-hybridized carbons (Fsp3) is 0.273. The van der Waals surface area contributed by atoms with Crippen molar-refractivity contribution in [1.29, 1.82) is 0 Å². The van der Waals surface area contributed by atoms with E-state index in [0.29, 0.717) is 12.3 Å². The van der Waals surface area contributed by atoms with Gasteiger partial charge in [-0.3, -0.25) is 10.1 Å². The van der Waals surface area contributed by atoms with Crippen LogP contribution in [0, 0.1) is 24.0 Å². The molecule has 2 N–H and O–H groups in total. The Morgan fingerprint density at radius 3 is 2.40 bits per heavy atom. The van der Waals surface area contributed by atoms with Gasteiger partial charge in [-0.2, -0.15) is 0 Å². The second-order valence-corrected chi connectivity index (χ2v) is 6.97. The summed E-state index contributed by atoms with van der Waals surface area (Å²) in [6.45, 7) is 6.65. The minimum absolute atomic E-state index is 0.113. The zero-order chi connectivity index (χ0) is 21.5. The maximum Gasteiger partial charge on any atom is 0.353 e. The lowest BCUT2D eigenvalue weighted by Gasteiger charge is -2.12. The highest BCUT2D eigenvalue weighted by molar-refractivity contribution is 5.77. The third-order valence-electron chi connectivity index (χ3n) is 4.53. The Morgan fingerprint density at radius 1 is 1.03 bits per heavy atom. The Morgan fingerprint density at radius 2 is 1.73 bits per heavy atom. The Bertz CT molecular complexity index is 1020. The number of nitrogens with one attached hydrogen (secondary N) is 2. The van der Waals surface area contributed by atoms with Gasteiger partial charge in [-0.05, 0) is 61.7 Å². The molecule has 0 aliphatic heterocycles. The van der Waals surface area contributed by atoms with Crippen molar-refractivity contribution in [2.45, 2.75) is 33.6 Å². The first-order chi connectivity index (χ1) is 14.5. The van der Waals surface area contributed by atoms with Crippen molar-refractivity contribution in [3.05, 3.63) is 70.0 Å². The zero-order valence-electron chi connectivity index (χ0n) is 17.3. The monoisotopic (exact) mass is 407 g/mol. The Kier molecular flexibility index (Phi) is 6.79. The minimum Gasteiger partial charge on any atom is -0.494 e. The van der Waals surface area contributed by atoms with E-state index >= 15 is 0 Å². The molecule has 0 atom stereocenters. The van der Waals surface area contributed by atoms with Gasteiger partial charge in [0.25, 0.3) is 0 Å². The summed E-state index contributed by atoms with van der Waals surface area (Å²) >= 11 is 0. The quantitative estimate of drug-likeness (QED) is 0.268. The van der Waals surface area contributed by atoms with Crippen LogP contribution in [0.4, 0.5) is 28.7 Å². The van der Waals surface area contributed by atoms with Crippen LogP contribution in [0.25, 0.3) is 0 Å². The predicted octanol–water partition coefficient (Wildman–Crippen LogP) is 5.67. The van der Waals surface area contributed by atoms with Crippen LogP contribution in [-0.2, 0) is 0 Å². The molecule has 0 amide bonds. The molecule has 2 aromatic carbocycles. The molecule has 3 aromatic rings. The van der Waals surface area contributed by atoms with E-state index in [9.17, 15) is 10.1 Å². The first kappa shape index (κ1) is 21.0. The van der Waals surface area contributed by atoms with Crippen LogP contribution in [0.15, 0.2) is 48.8 Å². The van der Waals surface area contributed by atoms with Gasteiger partial charge in [0.05, 0.1) is 11.5 Å². The average Bonchev–Trinajstić information content (AvgIpc) is 2.72. The van der Waals surface area contributed by atoms with Crippen LogP contribution >= 0.6 is 0 Å². The number of unbranched alkanes of at least 4 members (excludes halogenated alkanes) is 1. The molecule has 0 aliphatic rings. The van der Waals surface area contributed by atoms with Gasteiger partial charge in [-0.1, -0.05) is 25.5 Å². The largest absolute Gasteiger partial charge is 0.494 e. The predicted molar refractivity (Wildman–Crippen MR) is 118 cm³/mol. The second kappa shape index (κ2) is 9.69. The van der Waals surface area contributed by atoms with Crippen molar-refractivity contribution in [2.24, 2.45) is 0 Å². The molecule has 1 aromatic heterocycles. The topological polar surface area (TPSA) is 102 Å². The number of ether oxygens (including phenoxy) is 1. The molecule has 0 aliphatic carbocycles. The van der Waals surface area contributed by atoms with Gasteiger partial charge in [-0.25, -0.2) is 9.97 Å². The van der Waals surface area contributed by atoms with Gasteiger partial charge < -0.3 is 15.4 Å². The second-order valence-electron chi connectivity index (χ2n) is 6.97. The lowest BCUT2D eigenvalue weighted by molar-refractivity contribution is -0.383. The van der Waals surface area contributed by atoms with Crippen LogP contribution in [0.5, 0.6) is 5.75 Å². The standard InChI is InChI=1S/C22H25N5O3/c1-4-5-12-30-18-10-8-17(9-11-18)25-21-20(27(28)29)22(24-14-23-21)26-19-13-15(2)6-7-16(19)3/h6-11,13-14H,4-5,12H2,1-3H3,(H2,23,24,25,26). The third-order valence-corrected chi connectivity index (χ3v) is 4.53. The van der Waals surface area contributed by atoms with Crippen molar-refractivity contribution in [3.8, 4) is 5.75 Å². The Hall–Kier alpha value is -3.68. The van der Waals surface area contributed by atoms with Crippen molar-refractivity contribution in [3.63, 3.8) is 0 Å². The van der Waals surface area contributed by atoms with E-state index in [1.165, 1.54) is 6.33 Å². The fourth-order valence-corrected chi connectivity index (χ4v) is 2.84. The third kappa shape index (κ3) is 5.22. The van der Waals surface area contributed by atoms with E-state index < -0.39 is 4.92 Å². The number of aryl methyl sites for hydroxylation is 2. The van der Waals surface area contributed by atoms with Crippen LogP contribution in [0.2, 0.25) is 0 Å². The summed E-state index contributed by atoms with van der Waals surface area (Å²) in [4.78, 5) is 19.5. The molecule has 3 rings (SSSR count). The molecule has 0 saturated heterocycles. The molecule has 0 saturated carbocycles. The van der Waals surface area contributed by atoms with Crippen molar-refractivity contribution in [1.82, 2.24) is 9.97 Å². The number of rotatable bonds is 9. The summed E-state index contributed by atoms with van der Waals surface area (Å²) in [7, 11) is 0. The summed E-state index contributed by atoms with van der Waals surface area (Å²) in [6, 6.07) is 13.1. The molecule has 0 fully saturated rings. The van der Waals surface area contributed by atoms with E-state index in [2.05, 4.69) is 27.5 Å². The first-order valence-corrected chi connectivity index (χ1v) is 9.81. The van der Waals surface area contributed by atoms with Gasteiger partial charge in [0.2, 0.25) is 11.6 Å². The van der Waals surface area contributed by atoms with E-state index in [1.54, 1.807) is 12.1 Å². The molecule has 156 valence electrons. The summed E-state index contributed by atoms with van der Waals surface area (Å²) in [5.41, 5.74) is 3.21. The highest BCUT2D eigenvalue weighted by atomic mass is 16.6. The molecule has 1 heterocycles. The van der Waals surface area contributed by atoms with Gasteiger partial charge in [0, 0.05) is 11.4 Å². The molecule has 30 heavy (non-hydrogen) atoms. The van der Waals surface area contributed by atoms with E-state index in [4.69, 9.17) is 4.74 Å². The number of anilines is 4. The highest BCUT2D eigenvalue weighted by Crippen LogP contribution is 2.34. The number of benzene rings is 2. The molecule has 8 heteroatoms. The molecule has 0 unspecified atom stereocenters. The molecule has 0 radical (unpaired) electrons. The summed E-state index contributed by atoms with van der Waals surface area (Å²) in [5.74, 6) is 0.997. The summed E-state index contributed by atoms with van der Waals surface area (Å²) in [5, 5.41) is 17.9. The molecule has 0 bridgehead atoms. The Balaban J connectivity index is 1.84. The van der Waals surface area contributed by atoms with Gasteiger partial charge in [0.15, 0.2) is 0 Å². The SMILES string of the molecule is CCCCOc1ccc(Nc2ncnc(Nc3cc(C)ccc3C)c2[N+](=O)[O-])cc1. The highest BCUT2D eigenvalue weighted by Gasteiger charge is 2.23. The number of hydrogen-bond donors (Lipinski definition) is 2. The van der Waals surface area contributed by atoms with Crippen molar-refractivity contribution >= 4 is 28.7 Å². The van der Waals surface area contributed by atoms with Crippen LogP contribution in [0.3, 0.4) is 0 Å². The lowest BCUT2D eigenvalue weighted by Crippen LogP contribution is -2.06. The summed E-state index contributed by atoms with van der Waals surface area (Å²) < 4.78 is 5.65. The zero-order valence-corrected chi connectivity index (χ0v) is 17.3. The molecule has 0 spiro atoms. The maximum atomic E-state index is 11.8. The van der Waals surface area contributed by atoms with E-state index in [1.807, 2.05) is 44.2 Å². The normalized spacial score (nSPS) is 10.5. The molecular formula is C22H25N5O3. The number of aromatic nitrogens is 2. The lowest BCUT2D eigenvalue weighted by atomic mass is 10.1. The minimum atomic E-state index is -0.488. The summed E-state index contributed by atoms with van der Waals surface area (Å²) in [6.07, 6.45) is 3.35. The average molecular weight is 407 g/mol. The first-order valence-electron chi connectivity index (χ1n) is 9.81. The van der Waals surface area contributed by atoms with Crippen LogP contribution < -0.4 is 15.4 Å². The van der Waals surface area contributed by atoms with Gasteiger partial charge in [0.1, 0.15) is 12.1 Å². The van der Waals surface area contributed by atoms with E-state index in [-0.39, 0.29) is 17.3 Å². The van der Waals surface area contributed by atoms with Crippen molar-refractivity contribution in [2.75, 3.05) is 17.2 Å². The van der Waals surface area contributed by atoms with Gasteiger partial charge >= 0.3 is 5.69 Å². The van der Waals surface area contributed by atoms with Gasteiger partial charge in [-0.15, -0.1) is 0 Å². The maximum absolute atomic E-state index is 11.8. The Labute approximate surface area is 175 Å². The molecular weight excluding hydrogens is 382 g/mol. The van der Waals surface area contributed by atoms with Crippen molar-refractivity contribution < 1.29 is 9.66 Å². The van der Waals surface area contributed by atoms with E-state index in [0.717, 1.165) is 35.4 Å². The van der Waals surface area contributed by atoms with Crippen LogP contribution in [-0.4, -0.2) is 21.5 Å². The fourth-order valence-electron chi connectivity index (χ4n) is 2.84. The number of nitrogens with zero attached hydrogens (tertiary/aromatic N) is 3. The molecule has 8 nitrogen and oxygen atoms in total. The smallest absolute Gasteiger partial charge is 0.353 e. The number of nitro groups is 1. The van der Waals surface area contributed by atoms with Crippen LogP contribution in [0.1, 0.15) is 30.9 Å². The number of hydrogen-bond acceptors (Lipinski definition) is 7.